The maximum atomic E-state index is 12.8. The summed E-state index contributed by atoms with van der Waals surface area (Å²) in [4.78, 5) is 31.4. The maximum absolute atomic E-state index is 12.8. The number of hydrogen-bond donors (Lipinski definition) is 1. The molecule has 1 aromatic rings. The number of amides is 2. The summed E-state index contributed by atoms with van der Waals surface area (Å²) in [5, 5.41) is 3.41. The second kappa shape index (κ2) is 10.8. The molecule has 6 nitrogen and oxygen atoms in total. The van der Waals surface area contributed by atoms with Crippen molar-refractivity contribution >= 4 is 29.1 Å². The number of benzene rings is 1. The molecule has 1 aliphatic carbocycles. The number of anilines is 1. The van der Waals surface area contributed by atoms with Crippen molar-refractivity contribution in [2.24, 2.45) is 0 Å². The van der Waals surface area contributed by atoms with Crippen LogP contribution in [-0.2, 0) is 9.59 Å². The zero-order valence-corrected chi connectivity index (χ0v) is 18.0. The molecule has 0 aromatic heterocycles. The molecule has 0 radical (unpaired) electrons. The number of halogens is 1. The summed E-state index contributed by atoms with van der Waals surface area (Å²) in [7, 11) is 0. The Morgan fingerprint density at radius 1 is 1.07 bits per heavy atom. The molecule has 2 amide bonds. The molecule has 3 rings (SSSR count). The third kappa shape index (κ3) is 6.29. The smallest absolute Gasteiger partial charge is 0.240 e. The molecule has 1 saturated heterocycles. The van der Waals surface area contributed by atoms with E-state index in [0.29, 0.717) is 23.8 Å². The Morgan fingerprint density at radius 2 is 1.76 bits per heavy atom. The van der Waals surface area contributed by atoms with Gasteiger partial charge in [-0.25, -0.2) is 0 Å². The van der Waals surface area contributed by atoms with Crippen molar-refractivity contribution in [3.8, 4) is 0 Å². The lowest BCUT2D eigenvalue weighted by atomic mass is 10.0. The number of nitrogens with zero attached hydrogens (tertiary/aromatic N) is 3. The van der Waals surface area contributed by atoms with E-state index in [-0.39, 0.29) is 11.8 Å². The molecule has 1 aromatic carbocycles. The second-order valence-corrected chi connectivity index (χ2v) is 8.07. The Kier molecular flexibility index (Phi) is 8.09. The Balaban J connectivity index is 1.43. The number of para-hydroxylation sites is 1. The van der Waals surface area contributed by atoms with E-state index >= 15 is 0 Å². The average Bonchev–Trinajstić information content (AvgIpc) is 2.72. The highest BCUT2D eigenvalue weighted by Crippen LogP contribution is 2.22. The van der Waals surface area contributed by atoms with Crippen LogP contribution in [-0.4, -0.2) is 72.3 Å². The molecular formula is C22H31ClN4O2. The van der Waals surface area contributed by atoms with Gasteiger partial charge in [0, 0.05) is 38.4 Å². The highest BCUT2D eigenvalue weighted by molar-refractivity contribution is 6.33. The van der Waals surface area contributed by atoms with Gasteiger partial charge in [-0.05, 0) is 44.7 Å². The van der Waals surface area contributed by atoms with Crippen molar-refractivity contribution in [2.45, 2.75) is 32.6 Å². The van der Waals surface area contributed by atoms with Crippen LogP contribution < -0.4 is 5.32 Å². The predicted molar refractivity (Wildman–Crippen MR) is 117 cm³/mol. The number of hydrogen-bond acceptors (Lipinski definition) is 4. The number of rotatable bonds is 7. The summed E-state index contributed by atoms with van der Waals surface area (Å²) in [5.41, 5.74) is 1.83. The summed E-state index contributed by atoms with van der Waals surface area (Å²) < 4.78 is 0. The maximum Gasteiger partial charge on any atom is 0.240 e. The SMILES string of the molecule is CCN(C(=O)CN1CCN(CC(=O)Nc2ccccc2Cl)CC1)C1=CCCCC1. The van der Waals surface area contributed by atoms with E-state index in [2.05, 4.69) is 21.2 Å². The van der Waals surface area contributed by atoms with Crippen LogP contribution in [0.5, 0.6) is 0 Å². The Hall–Kier alpha value is -1.89. The van der Waals surface area contributed by atoms with Gasteiger partial charge in [0.25, 0.3) is 0 Å². The number of nitrogens with one attached hydrogen (secondary N) is 1. The minimum atomic E-state index is -0.0657. The van der Waals surface area contributed by atoms with E-state index in [4.69, 9.17) is 11.6 Å². The standard InChI is InChI=1S/C22H31ClN4O2/c1-2-27(18-8-4-3-5-9-18)22(29)17-26-14-12-25(13-15-26)16-21(28)24-20-11-7-6-10-19(20)23/h6-8,10-11H,2-5,9,12-17H2,1H3,(H,24,28). The third-order valence-corrected chi connectivity index (χ3v) is 5.90. The zero-order chi connectivity index (χ0) is 20.6. The quantitative estimate of drug-likeness (QED) is 0.738. The summed E-state index contributed by atoms with van der Waals surface area (Å²) in [6, 6.07) is 7.24. The lowest BCUT2D eigenvalue weighted by Gasteiger charge is -2.35. The molecule has 7 heteroatoms. The van der Waals surface area contributed by atoms with E-state index in [1.807, 2.05) is 24.0 Å². The van der Waals surface area contributed by atoms with Crippen molar-refractivity contribution in [1.82, 2.24) is 14.7 Å². The van der Waals surface area contributed by atoms with Crippen LogP contribution in [0.25, 0.3) is 0 Å². The molecule has 0 spiro atoms. The van der Waals surface area contributed by atoms with Crippen molar-refractivity contribution < 1.29 is 9.59 Å². The van der Waals surface area contributed by atoms with Crippen molar-refractivity contribution in [1.29, 1.82) is 0 Å². The number of likely N-dealkylation sites (N-methyl/N-ethyl adjacent to an activating group) is 1. The molecule has 1 N–H and O–H groups in total. The average molecular weight is 419 g/mol. The fraction of sp³-hybridized carbons (Fsp3) is 0.545. The summed E-state index contributed by atoms with van der Waals surface area (Å²) >= 11 is 6.10. The van der Waals surface area contributed by atoms with Crippen LogP contribution >= 0.6 is 11.6 Å². The molecule has 1 heterocycles. The molecular weight excluding hydrogens is 388 g/mol. The lowest BCUT2D eigenvalue weighted by molar-refractivity contribution is -0.131. The van der Waals surface area contributed by atoms with Gasteiger partial charge in [-0.2, -0.15) is 0 Å². The van der Waals surface area contributed by atoms with E-state index in [1.54, 1.807) is 12.1 Å². The first kappa shape index (κ1) is 21.8. The van der Waals surface area contributed by atoms with E-state index < -0.39 is 0 Å². The summed E-state index contributed by atoms with van der Waals surface area (Å²) in [5.74, 6) is 0.120. The molecule has 1 aliphatic heterocycles. The summed E-state index contributed by atoms with van der Waals surface area (Å²) in [6.45, 7) is 6.70. The Labute approximate surface area is 178 Å². The highest BCUT2D eigenvalue weighted by atomic mass is 35.5. The van der Waals surface area contributed by atoms with Crippen molar-refractivity contribution in [3.05, 3.63) is 41.1 Å². The van der Waals surface area contributed by atoms with Crippen LogP contribution in [0.1, 0.15) is 32.6 Å². The molecule has 2 aliphatic rings. The van der Waals surface area contributed by atoms with Gasteiger partial charge in [0.05, 0.1) is 23.8 Å². The zero-order valence-electron chi connectivity index (χ0n) is 17.2. The molecule has 1 fully saturated rings. The first-order valence-electron chi connectivity index (χ1n) is 10.6. The van der Waals surface area contributed by atoms with Gasteiger partial charge in [-0.3, -0.25) is 19.4 Å². The molecule has 158 valence electrons. The molecule has 0 bridgehead atoms. The van der Waals surface area contributed by atoms with Gasteiger partial charge in [-0.1, -0.05) is 29.8 Å². The highest BCUT2D eigenvalue weighted by Gasteiger charge is 2.24. The monoisotopic (exact) mass is 418 g/mol. The van der Waals surface area contributed by atoms with E-state index in [9.17, 15) is 9.59 Å². The van der Waals surface area contributed by atoms with Crippen LogP contribution in [0, 0.1) is 0 Å². The lowest BCUT2D eigenvalue weighted by Crippen LogP contribution is -2.51. The van der Waals surface area contributed by atoms with Gasteiger partial charge in [-0.15, -0.1) is 0 Å². The van der Waals surface area contributed by atoms with Crippen molar-refractivity contribution in [3.63, 3.8) is 0 Å². The molecule has 0 atom stereocenters. The number of carbonyl (C=O) groups is 2. The van der Waals surface area contributed by atoms with Crippen molar-refractivity contribution in [2.75, 3.05) is 51.1 Å². The second-order valence-electron chi connectivity index (χ2n) is 7.66. The minimum Gasteiger partial charge on any atom is -0.324 e. The van der Waals surface area contributed by atoms with Crippen LogP contribution in [0.3, 0.4) is 0 Å². The number of carbonyl (C=O) groups excluding carboxylic acids is 2. The van der Waals surface area contributed by atoms with Gasteiger partial charge < -0.3 is 10.2 Å². The largest absolute Gasteiger partial charge is 0.324 e. The predicted octanol–water partition coefficient (Wildman–Crippen LogP) is 3.20. The Bertz CT molecular complexity index is 744. The normalized spacial score (nSPS) is 18.2. The van der Waals surface area contributed by atoms with Gasteiger partial charge in [0.2, 0.25) is 11.8 Å². The molecule has 0 unspecified atom stereocenters. The first-order valence-corrected chi connectivity index (χ1v) is 10.9. The van der Waals surface area contributed by atoms with Crippen LogP contribution in [0.2, 0.25) is 5.02 Å². The topological polar surface area (TPSA) is 55.9 Å². The fourth-order valence-corrected chi connectivity index (χ4v) is 4.13. The minimum absolute atomic E-state index is 0.0657. The van der Waals surface area contributed by atoms with E-state index in [0.717, 1.165) is 45.6 Å². The third-order valence-electron chi connectivity index (χ3n) is 5.57. The van der Waals surface area contributed by atoms with Crippen LogP contribution in [0.4, 0.5) is 5.69 Å². The fourth-order valence-electron chi connectivity index (χ4n) is 3.94. The van der Waals surface area contributed by atoms with Gasteiger partial charge in [0.15, 0.2) is 0 Å². The molecule has 0 saturated carbocycles. The Morgan fingerprint density at radius 3 is 2.38 bits per heavy atom. The van der Waals surface area contributed by atoms with Crippen LogP contribution in [0.15, 0.2) is 36.0 Å². The first-order chi connectivity index (χ1) is 14.1. The number of piperazine rings is 1. The number of allylic oxidation sites excluding steroid dienone is 2. The summed E-state index contributed by atoms with van der Waals surface area (Å²) in [6.07, 6.45) is 6.70. The molecule has 29 heavy (non-hydrogen) atoms. The van der Waals surface area contributed by atoms with Gasteiger partial charge in [0.1, 0.15) is 0 Å². The van der Waals surface area contributed by atoms with E-state index in [1.165, 1.54) is 18.5 Å². The van der Waals surface area contributed by atoms with Gasteiger partial charge >= 0.3 is 0 Å².